The van der Waals surface area contributed by atoms with Crippen molar-refractivity contribution in [3.05, 3.63) is 12.5 Å². The van der Waals surface area contributed by atoms with Crippen LogP contribution in [0.5, 0.6) is 0 Å². The summed E-state index contributed by atoms with van der Waals surface area (Å²) in [6, 6.07) is -0.383. The standard InChI is InChI=1S/C11H19N5O/c1-7(2)4-14-11(17)8(3)16-10-9(12)5-13-6-15-10/h5-8H,4,12H2,1-3H3,(H,14,17)(H,13,15,16). The van der Waals surface area contributed by atoms with Gasteiger partial charge in [-0.15, -0.1) is 0 Å². The Morgan fingerprint density at radius 3 is 2.76 bits per heavy atom. The molecule has 94 valence electrons. The molecular formula is C11H19N5O. The number of aromatic nitrogens is 2. The zero-order valence-corrected chi connectivity index (χ0v) is 10.4. The second-order valence-electron chi connectivity index (χ2n) is 4.33. The number of carbonyl (C=O) groups excluding carboxylic acids is 1. The molecule has 0 saturated heterocycles. The molecule has 1 aromatic rings. The Balaban J connectivity index is 2.51. The fourth-order valence-corrected chi connectivity index (χ4v) is 1.19. The van der Waals surface area contributed by atoms with Crippen LogP contribution in [0.2, 0.25) is 0 Å². The van der Waals surface area contributed by atoms with E-state index in [0.717, 1.165) is 0 Å². The third kappa shape index (κ3) is 4.26. The summed E-state index contributed by atoms with van der Waals surface area (Å²) in [6.07, 6.45) is 2.88. The molecule has 17 heavy (non-hydrogen) atoms. The average Bonchev–Trinajstić information content (AvgIpc) is 2.28. The summed E-state index contributed by atoms with van der Waals surface area (Å²) in [7, 11) is 0. The van der Waals surface area contributed by atoms with Gasteiger partial charge in [0.25, 0.3) is 0 Å². The van der Waals surface area contributed by atoms with E-state index in [2.05, 4.69) is 20.6 Å². The molecule has 1 rings (SSSR count). The summed E-state index contributed by atoms with van der Waals surface area (Å²) in [4.78, 5) is 19.5. The van der Waals surface area contributed by atoms with E-state index in [0.29, 0.717) is 24.0 Å². The van der Waals surface area contributed by atoms with Crippen molar-refractivity contribution in [3.63, 3.8) is 0 Å². The molecular weight excluding hydrogens is 218 g/mol. The summed E-state index contributed by atoms with van der Waals surface area (Å²) in [6.45, 7) is 6.50. The second-order valence-corrected chi connectivity index (χ2v) is 4.33. The van der Waals surface area contributed by atoms with Crippen molar-refractivity contribution < 1.29 is 4.79 Å². The van der Waals surface area contributed by atoms with E-state index in [-0.39, 0.29) is 11.9 Å². The van der Waals surface area contributed by atoms with Crippen LogP contribution in [0.15, 0.2) is 12.5 Å². The van der Waals surface area contributed by atoms with Gasteiger partial charge in [-0.05, 0) is 12.8 Å². The van der Waals surface area contributed by atoms with Gasteiger partial charge in [-0.25, -0.2) is 9.97 Å². The molecule has 1 unspecified atom stereocenters. The van der Waals surface area contributed by atoms with E-state index in [1.807, 2.05) is 13.8 Å². The first kappa shape index (κ1) is 13.2. The van der Waals surface area contributed by atoms with E-state index in [9.17, 15) is 4.79 Å². The minimum Gasteiger partial charge on any atom is -0.394 e. The third-order valence-electron chi connectivity index (χ3n) is 2.17. The first-order chi connectivity index (χ1) is 8.00. The normalized spacial score (nSPS) is 12.2. The fourth-order valence-electron chi connectivity index (χ4n) is 1.19. The van der Waals surface area contributed by atoms with Crippen molar-refractivity contribution in [2.24, 2.45) is 5.92 Å². The third-order valence-corrected chi connectivity index (χ3v) is 2.17. The van der Waals surface area contributed by atoms with Gasteiger partial charge < -0.3 is 16.4 Å². The topological polar surface area (TPSA) is 92.9 Å². The van der Waals surface area contributed by atoms with Gasteiger partial charge in [-0.3, -0.25) is 4.79 Å². The number of nitrogens with two attached hydrogens (primary N) is 1. The molecule has 0 aromatic carbocycles. The number of amides is 1. The predicted molar refractivity (Wildman–Crippen MR) is 67.4 cm³/mol. The highest BCUT2D eigenvalue weighted by Crippen LogP contribution is 2.12. The molecule has 0 aliphatic heterocycles. The average molecular weight is 237 g/mol. The van der Waals surface area contributed by atoms with Gasteiger partial charge in [0, 0.05) is 6.54 Å². The summed E-state index contributed by atoms with van der Waals surface area (Å²) < 4.78 is 0. The number of carbonyl (C=O) groups is 1. The smallest absolute Gasteiger partial charge is 0.242 e. The van der Waals surface area contributed by atoms with Crippen LogP contribution in [-0.4, -0.2) is 28.5 Å². The van der Waals surface area contributed by atoms with E-state index in [4.69, 9.17) is 5.73 Å². The van der Waals surface area contributed by atoms with Crippen molar-refractivity contribution in [2.45, 2.75) is 26.8 Å². The molecule has 0 radical (unpaired) electrons. The molecule has 6 nitrogen and oxygen atoms in total. The SMILES string of the molecule is CC(C)CNC(=O)C(C)Nc1ncncc1N. The Labute approximate surface area is 101 Å². The monoisotopic (exact) mass is 237 g/mol. The number of nitrogens with zero attached hydrogens (tertiary/aromatic N) is 2. The molecule has 6 heteroatoms. The lowest BCUT2D eigenvalue weighted by molar-refractivity contribution is -0.121. The summed E-state index contributed by atoms with van der Waals surface area (Å²) in [5.41, 5.74) is 6.10. The van der Waals surface area contributed by atoms with E-state index in [1.165, 1.54) is 12.5 Å². The molecule has 0 spiro atoms. The van der Waals surface area contributed by atoms with Gasteiger partial charge in [0.1, 0.15) is 12.4 Å². The highest BCUT2D eigenvalue weighted by atomic mass is 16.2. The minimum atomic E-state index is -0.383. The molecule has 0 aliphatic carbocycles. The molecule has 1 atom stereocenters. The Hall–Kier alpha value is -1.85. The van der Waals surface area contributed by atoms with Crippen LogP contribution in [0.4, 0.5) is 11.5 Å². The van der Waals surface area contributed by atoms with Gasteiger partial charge in [-0.1, -0.05) is 13.8 Å². The zero-order valence-electron chi connectivity index (χ0n) is 10.4. The van der Waals surface area contributed by atoms with E-state index in [1.54, 1.807) is 6.92 Å². The van der Waals surface area contributed by atoms with E-state index >= 15 is 0 Å². The second kappa shape index (κ2) is 6.03. The molecule has 0 bridgehead atoms. The first-order valence-electron chi connectivity index (χ1n) is 5.60. The predicted octanol–water partition coefficient (Wildman–Crippen LogP) is 0.631. The Bertz CT molecular complexity index is 380. The van der Waals surface area contributed by atoms with Crippen LogP contribution >= 0.6 is 0 Å². The number of rotatable bonds is 5. The van der Waals surface area contributed by atoms with Crippen LogP contribution in [0.3, 0.4) is 0 Å². The van der Waals surface area contributed by atoms with Crippen molar-refractivity contribution >= 4 is 17.4 Å². The summed E-state index contributed by atoms with van der Waals surface area (Å²) in [5, 5.41) is 5.78. The lowest BCUT2D eigenvalue weighted by atomic mass is 10.2. The largest absolute Gasteiger partial charge is 0.394 e. The Kier molecular flexibility index (Phi) is 4.68. The maximum atomic E-state index is 11.7. The summed E-state index contributed by atoms with van der Waals surface area (Å²) in [5.74, 6) is 0.833. The Morgan fingerprint density at radius 1 is 1.47 bits per heavy atom. The molecule has 1 aromatic heterocycles. The van der Waals surface area contributed by atoms with Crippen LogP contribution in [-0.2, 0) is 4.79 Å². The lowest BCUT2D eigenvalue weighted by Gasteiger charge is -2.16. The summed E-state index contributed by atoms with van der Waals surface area (Å²) >= 11 is 0. The highest BCUT2D eigenvalue weighted by Gasteiger charge is 2.14. The van der Waals surface area contributed by atoms with Gasteiger partial charge in [0.15, 0.2) is 5.82 Å². The maximum Gasteiger partial charge on any atom is 0.242 e. The Morgan fingerprint density at radius 2 is 2.18 bits per heavy atom. The number of hydrogen-bond donors (Lipinski definition) is 3. The van der Waals surface area contributed by atoms with Crippen molar-refractivity contribution in [1.82, 2.24) is 15.3 Å². The van der Waals surface area contributed by atoms with Crippen LogP contribution in [0, 0.1) is 5.92 Å². The maximum absolute atomic E-state index is 11.7. The fraction of sp³-hybridized carbons (Fsp3) is 0.545. The molecule has 1 heterocycles. The van der Waals surface area contributed by atoms with E-state index < -0.39 is 0 Å². The van der Waals surface area contributed by atoms with Crippen LogP contribution in [0.25, 0.3) is 0 Å². The highest BCUT2D eigenvalue weighted by molar-refractivity contribution is 5.84. The van der Waals surface area contributed by atoms with Gasteiger partial charge in [0.05, 0.1) is 11.9 Å². The number of nitrogens with one attached hydrogen (secondary N) is 2. The zero-order chi connectivity index (χ0) is 12.8. The quantitative estimate of drug-likeness (QED) is 0.698. The number of nitrogen functional groups attached to an aromatic ring is 1. The van der Waals surface area contributed by atoms with Crippen LogP contribution < -0.4 is 16.4 Å². The molecule has 1 amide bonds. The van der Waals surface area contributed by atoms with Gasteiger partial charge >= 0.3 is 0 Å². The van der Waals surface area contributed by atoms with Crippen molar-refractivity contribution in [2.75, 3.05) is 17.6 Å². The number of hydrogen-bond acceptors (Lipinski definition) is 5. The first-order valence-corrected chi connectivity index (χ1v) is 5.60. The van der Waals surface area contributed by atoms with Gasteiger partial charge in [0.2, 0.25) is 5.91 Å². The van der Waals surface area contributed by atoms with Crippen LogP contribution in [0.1, 0.15) is 20.8 Å². The molecule has 0 fully saturated rings. The number of anilines is 2. The van der Waals surface area contributed by atoms with Gasteiger partial charge in [-0.2, -0.15) is 0 Å². The minimum absolute atomic E-state index is 0.0725. The lowest BCUT2D eigenvalue weighted by Crippen LogP contribution is -2.39. The van der Waals surface area contributed by atoms with Crippen molar-refractivity contribution in [3.8, 4) is 0 Å². The molecule has 0 saturated carbocycles. The molecule has 4 N–H and O–H groups in total. The molecule has 0 aliphatic rings. The van der Waals surface area contributed by atoms with Crippen molar-refractivity contribution in [1.29, 1.82) is 0 Å².